The largest absolute Gasteiger partial charge is 0.387 e. The molecular formula is C34H35F2N7O2. The first kappa shape index (κ1) is 30.1. The van der Waals surface area contributed by atoms with Crippen molar-refractivity contribution < 1.29 is 13.6 Å². The van der Waals surface area contributed by atoms with E-state index in [1.54, 1.807) is 29.4 Å². The topological polar surface area (TPSA) is 96.3 Å². The molecule has 2 atom stereocenters. The van der Waals surface area contributed by atoms with E-state index in [0.29, 0.717) is 41.8 Å². The molecule has 2 aliphatic heterocycles. The lowest BCUT2D eigenvalue weighted by Gasteiger charge is -2.44. The van der Waals surface area contributed by atoms with Gasteiger partial charge in [-0.15, -0.1) is 0 Å². The van der Waals surface area contributed by atoms with Crippen LogP contribution in [0.15, 0.2) is 66.3 Å². The third-order valence-electron chi connectivity index (χ3n) is 8.53. The van der Waals surface area contributed by atoms with Gasteiger partial charge in [-0.2, -0.15) is 4.98 Å². The molecule has 4 aromatic rings. The normalized spacial score (nSPS) is 18.8. The van der Waals surface area contributed by atoms with Crippen molar-refractivity contribution in [2.24, 2.45) is 0 Å². The van der Waals surface area contributed by atoms with Crippen molar-refractivity contribution in [3.05, 3.63) is 100 Å². The first-order valence-corrected chi connectivity index (χ1v) is 15.1. The van der Waals surface area contributed by atoms with Gasteiger partial charge in [0.05, 0.1) is 16.8 Å². The highest BCUT2D eigenvalue weighted by Gasteiger charge is 2.34. The molecule has 0 aliphatic carbocycles. The van der Waals surface area contributed by atoms with Crippen molar-refractivity contribution in [2.75, 3.05) is 18.0 Å². The number of hydrogen-bond acceptors (Lipinski definition) is 7. The zero-order chi connectivity index (χ0) is 32.0. The number of pyridine rings is 2. The van der Waals surface area contributed by atoms with E-state index >= 15 is 8.78 Å². The molecule has 0 spiro atoms. The van der Waals surface area contributed by atoms with Crippen LogP contribution < -0.4 is 15.9 Å². The summed E-state index contributed by atoms with van der Waals surface area (Å²) in [5.74, 6) is -1.38. The van der Waals surface area contributed by atoms with Gasteiger partial charge in [-0.1, -0.05) is 38.6 Å². The smallest absolute Gasteiger partial charge is 0.355 e. The Labute approximate surface area is 259 Å². The fourth-order valence-corrected chi connectivity index (χ4v) is 6.32. The van der Waals surface area contributed by atoms with Gasteiger partial charge < -0.3 is 15.1 Å². The van der Waals surface area contributed by atoms with Gasteiger partial charge in [-0.3, -0.25) is 9.78 Å². The van der Waals surface area contributed by atoms with Crippen LogP contribution in [0.4, 0.5) is 14.6 Å². The lowest BCUT2D eigenvalue weighted by molar-refractivity contribution is -0.128. The van der Waals surface area contributed by atoms with Crippen LogP contribution in [0.25, 0.3) is 28.0 Å². The SMILES string of the molecule is C=CC(=O)N1CC(C)N(c2nc(=O)n3c4nc(c(F)cc24)-c2c(F)cccc2CN/C=C/Cc2ccnc(C(C)C)c2-3)CC1C. The maximum Gasteiger partial charge on any atom is 0.355 e. The van der Waals surface area contributed by atoms with Crippen LogP contribution in [0.2, 0.25) is 0 Å². The number of carbonyl (C=O) groups excluding carboxylic acids is 1. The summed E-state index contributed by atoms with van der Waals surface area (Å²) >= 11 is 0. The number of piperazine rings is 1. The average molecular weight is 612 g/mol. The summed E-state index contributed by atoms with van der Waals surface area (Å²) in [6.45, 7) is 12.3. The van der Waals surface area contributed by atoms with Gasteiger partial charge in [0.2, 0.25) is 5.91 Å². The number of aromatic nitrogens is 4. The molecule has 1 aromatic carbocycles. The van der Waals surface area contributed by atoms with Crippen LogP contribution in [0, 0.1) is 11.6 Å². The van der Waals surface area contributed by atoms with Crippen molar-refractivity contribution in [2.45, 2.75) is 58.7 Å². The van der Waals surface area contributed by atoms with Gasteiger partial charge in [-0.05, 0) is 67.8 Å². The molecule has 2 unspecified atom stereocenters. The Morgan fingerprint density at radius 2 is 1.89 bits per heavy atom. The molecule has 45 heavy (non-hydrogen) atoms. The summed E-state index contributed by atoms with van der Waals surface area (Å²) < 4.78 is 33.2. The Hall–Kier alpha value is -4.93. The van der Waals surface area contributed by atoms with Crippen LogP contribution >= 0.6 is 0 Å². The predicted molar refractivity (Wildman–Crippen MR) is 170 cm³/mol. The molecule has 3 aromatic heterocycles. The van der Waals surface area contributed by atoms with Gasteiger partial charge in [0.15, 0.2) is 5.65 Å². The second-order valence-corrected chi connectivity index (χ2v) is 11.9. The standard InChI is InChI=1S/C34H35F2N7O2/c1-6-27(44)41-17-21(5)42(18-20(41)4)32-24-15-26(36)30-28-23(9-7-11-25(28)35)16-37-13-8-10-22-12-14-38-29(19(2)3)31(22)43(33(24)39-30)34(45)40-32/h6-9,11-15,19-21,37H,1,10,16-18H2,2-5H3/b13-8+. The minimum Gasteiger partial charge on any atom is -0.387 e. The molecule has 2 bridgehead atoms. The van der Waals surface area contributed by atoms with E-state index in [2.05, 4.69) is 21.9 Å². The number of benzene rings is 1. The first-order valence-electron chi connectivity index (χ1n) is 15.1. The quantitative estimate of drug-likeness (QED) is 0.325. The molecule has 5 heterocycles. The van der Waals surface area contributed by atoms with Crippen molar-refractivity contribution >= 4 is 22.8 Å². The summed E-state index contributed by atoms with van der Waals surface area (Å²) in [5, 5.41) is 3.47. The summed E-state index contributed by atoms with van der Waals surface area (Å²) in [7, 11) is 0. The minimum absolute atomic E-state index is 0.0171. The zero-order valence-corrected chi connectivity index (χ0v) is 25.7. The third kappa shape index (κ3) is 5.26. The Morgan fingerprint density at radius 1 is 1.09 bits per heavy atom. The molecule has 1 fully saturated rings. The molecule has 0 radical (unpaired) electrons. The molecular weight excluding hydrogens is 576 g/mol. The highest BCUT2D eigenvalue weighted by atomic mass is 19.1. The maximum atomic E-state index is 16.3. The van der Waals surface area contributed by atoms with Crippen LogP contribution in [0.3, 0.4) is 0 Å². The number of hydrogen-bond donors (Lipinski definition) is 1. The van der Waals surface area contributed by atoms with Crippen molar-refractivity contribution in [3.63, 3.8) is 0 Å². The van der Waals surface area contributed by atoms with E-state index in [9.17, 15) is 9.59 Å². The molecule has 0 saturated carbocycles. The molecule has 232 valence electrons. The van der Waals surface area contributed by atoms with Gasteiger partial charge in [0.25, 0.3) is 0 Å². The molecule has 9 nitrogen and oxygen atoms in total. The molecule has 6 rings (SSSR count). The van der Waals surface area contributed by atoms with Crippen LogP contribution in [-0.4, -0.2) is 55.5 Å². The number of fused-ring (bicyclic) bond motifs is 5. The predicted octanol–water partition coefficient (Wildman–Crippen LogP) is 5.02. The second-order valence-electron chi connectivity index (χ2n) is 11.9. The number of rotatable bonds is 3. The molecule has 1 amide bonds. The average Bonchev–Trinajstić information content (AvgIpc) is 3.02. The summed E-state index contributed by atoms with van der Waals surface area (Å²) in [5.41, 5.74) is 1.83. The number of halogens is 2. The van der Waals surface area contributed by atoms with Gasteiger partial charge in [0, 0.05) is 43.5 Å². The lowest BCUT2D eigenvalue weighted by atomic mass is 10.0. The van der Waals surface area contributed by atoms with Crippen molar-refractivity contribution in [1.82, 2.24) is 29.7 Å². The van der Waals surface area contributed by atoms with Crippen LogP contribution in [-0.2, 0) is 17.8 Å². The van der Waals surface area contributed by atoms with E-state index in [4.69, 9.17) is 4.98 Å². The highest BCUT2D eigenvalue weighted by molar-refractivity contribution is 5.91. The van der Waals surface area contributed by atoms with Crippen molar-refractivity contribution in [3.8, 4) is 16.9 Å². The molecule has 1 N–H and O–H groups in total. The number of amides is 1. The van der Waals surface area contributed by atoms with E-state index in [-0.39, 0.29) is 53.2 Å². The molecule has 1 saturated heterocycles. The summed E-state index contributed by atoms with van der Waals surface area (Å²) in [6.07, 6.45) is 7.13. The summed E-state index contributed by atoms with van der Waals surface area (Å²) in [4.78, 5) is 44.4. The Morgan fingerprint density at radius 3 is 2.64 bits per heavy atom. The number of anilines is 1. The fourth-order valence-electron chi connectivity index (χ4n) is 6.32. The van der Waals surface area contributed by atoms with Gasteiger partial charge >= 0.3 is 5.69 Å². The number of nitrogens with one attached hydrogen (secondary N) is 1. The fraction of sp³-hybridized carbons (Fsp3) is 0.324. The second kappa shape index (κ2) is 11.9. The van der Waals surface area contributed by atoms with Gasteiger partial charge in [-0.25, -0.2) is 23.1 Å². The van der Waals surface area contributed by atoms with Crippen LogP contribution in [0.1, 0.15) is 50.4 Å². The Kier molecular flexibility index (Phi) is 7.94. The Bertz CT molecular complexity index is 1920. The minimum atomic E-state index is -0.746. The highest BCUT2D eigenvalue weighted by Crippen LogP contribution is 2.36. The van der Waals surface area contributed by atoms with E-state index in [1.165, 1.54) is 22.8 Å². The summed E-state index contributed by atoms with van der Waals surface area (Å²) in [6, 6.07) is 7.20. The van der Waals surface area contributed by atoms with Crippen molar-refractivity contribution in [1.29, 1.82) is 0 Å². The third-order valence-corrected chi connectivity index (χ3v) is 8.53. The van der Waals surface area contributed by atoms with E-state index in [1.807, 2.05) is 44.7 Å². The Balaban J connectivity index is 1.70. The van der Waals surface area contributed by atoms with E-state index < -0.39 is 17.3 Å². The lowest BCUT2D eigenvalue weighted by Crippen LogP contribution is -2.58. The molecule has 2 aliphatic rings. The number of nitrogens with zero attached hydrogens (tertiary/aromatic N) is 6. The number of allylic oxidation sites excluding steroid dienone is 1. The maximum absolute atomic E-state index is 16.3. The first-order chi connectivity index (χ1) is 21.6. The van der Waals surface area contributed by atoms with Crippen LogP contribution in [0.5, 0.6) is 0 Å². The monoisotopic (exact) mass is 611 g/mol. The van der Waals surface area contributed by atoms with E-state index in [0.717, 1.165) is 5.56 Å². The van der Waals surface area contributed by atoms with Gasteiger partial charge in [0.1, 0.15) is 23.1 Å². The molecule has 11 heteroatoms. The zero-order valence-electron chi connectivity index (χ0n) is 25.7. The number of carbonyl (C=O) groups is 1.